The Hall–Kier alpha value is -2.88. The highest BCUT2D eigenvalue weighted by Gasteiger charge is 2.38. The number of amides is 2. The van der Waals surface area contributed by atoms with Crippen LogP contribution in [-0.2, 0) is 11.3 Å². The molecule has 2 amide bonds. The fourth-order valence-corrected chi connectivity index (χ4v) is 2.58. The summed E-state index contributed by atoms with van der Waals surface area (Å²) in [7, 11) is 0. The predicted octanol–water partition coefficient (Wildman–Crippen LogP) is 2.08. The number of hydrogen-bond donors (Lipinski definition) is 1. The molecule has 0 saturated carbocycles. The second kappa shape index (κ2) is 6.71. The molecule has 0 saturated heterocycles. The number of rotatable bonds is 7. The molecule has 2 aliphatic rings. The third-order valence-electron chi connectivity index (χ3n) is 4.02. The first-order valence-corrected chi connectivity index (χ1v) is 7.81. The van der Waals surface area contributed by atoms with E-state index in [4.69, 9.17) is 11.2 Å². The number of nitrogens with one attached hydrogen (secondary N) is 1. The Morgan fingerprint density at radius 1 is 1.38 bits per heavy atom. The van der Waals surface area contributed by atoms with Gasteiger partial charge < -0.3 is 10.1 Å². The van der Waals surface area contributed by atoms with Crippen LogP contribution < -0.4 is 10.1 Å². The SMILES string of the molecule is C#CCCC1(CCNC(=O)CN2Cc3ccccc3OC2=O)N=N1. The molecule has 7 nitrogen and oxygen atoms in total. The number of carbonyl (C=O) groups is 2. The van der Waals surface area contributed by atoms with Gasteiger partial charge in [0, 0.05) is 31.4 Å². The van der Waals surface area contributed by atoms with E-state index < -0.39 is 11.8 Å². The normalized spacial score (nSPS) is 16.8. The molecular formula is C17H18N4O3. The van der Waals surface area contributed by atoms with Crippen molar-refractivity contribution in [3.8, 4) is 18.1 Å². The van der Waals surface area contributed by atoms with Gasteiger partial charge in [-0.3, -0.25) is 9.69 Å². The maximum absolute atomic E-state index is 12.0. The number of carbonyl (C=O) groups excluding carboxylic acids is 2. The zero-order valence-electron chi connectivity index (χ0n) is 13.2. The van der Waals surface area contributed by atoms with Gasteiger partial charge in [-0.05, 0) is 6.07 Å². The molecule has 1 aromatic rings. The monoisotopic (exact) mass is 326 g/mol. The maximum atomic E-state index is 12.0. The Morgan fingerprint density at radius 3 is 2.92 bits per heavy atom. The second-order valence-electron chi connectivity index (χ2n) is 5.82. The van der Waals surface area contributed by atoms with Crippen LogP contribution in [0.3, 0.4) is 0 Å². The molecule has 2 heterocycles. The smallest absolute Gasteiger partial charge is 0.410 e. The molecule has 2 aliphatic heterocycles. The molecule has 124 valence electrons. The summed E-state index contributed by atoms with van der Waals surface area (Å²) in [5.74, 6) is 2.88. The summed E-state index contributed by atoms with van der Waals surface area (Å²) < 4.78 is 5.22. The highest BCUT2D eigenvalue weighted by atomic mass is 16.6. The Balaban J connectivity index is 1.44. The van der Waals surface area contributed by atoms with E-state index in [9.17, 15) is 9.59 Å². The van der Waals surface area contributed by atoms with Crippen LogP contribution in [0.4, 0.5) is 4.79 Å². The molecule has 3 rings (SSSR count). The summed E-state index contributed by atoms with van der Waals surface area (Å²) in [5, 5.41) is 10.8. The molecule has 0 radical (unpaired) electrons. The average molecular weight is 326 g/mol. The van der Waals surface area contributed by atoms with Crippen molar-refractivity contribution in [3.05, 3.63) is 29.8 Å². The van der Waals surface area contributed by atoms with Crippen LogP contribution in [0.5, 0.6) is 5.75 Å². The van der Waals surface area contributed by atoms with Gasteiger partial charge in [0.25, 0.3) is 0 Å². The van der Waals surface area contributed by atoms with Crippen molar-refractivity contribution in [1.82, 2.24) is 10.2 Å². The molecule has 0 unspecified atom stereocenters. The molecule has 0 atom stereocenters. The Labute approximate surface area is 140 Å². The van der Waals surface area contributed by atoms with Crippen molar-refractivity contribution in [1.29, 1.82) is 0 Å². The molecule has 24 heavy (non-hydrogen) atoms. The van der Waals surface area contributed by atoms with Crippen molar-refractivity contribution in [2.45, 2.75) is 31.5 Å². The van der Waals surface area contributed by atoms with Gasteiger partial charge in [0.2, 0.25) is 5.91 Å². The first-order valence-electron chi connectivity index (χ1n) is 7.81. The van der Waals surface area contributed by atoms with Gasteiger partial charge in [0.1, 0.15) is 12.3 Å². The third-order valence-corrected chi connectivity index (χ3v) is 4.02. The average Bonchev–Trinajstić information content (AvgIpc) is 3.34. The van der Waals surface area contributed by atoms with Crippen molar-refractivity contribution < 1.29 is 14.3 Å². The third kappa shape index (κ3) is 3.71. The lowest BCUT2D eigenvalue weighted by atomic mass is 10.0. The minimum absolute atomic E-state index is 0.0428. The van der Waals surface area contributed by atoms with Crippen LogP contribution in [0.25, 0.3) is 0 Å². The molecule has 0 aliphatic carbocycles. The number of hydrogen-bond acceptors (Lipinski definition) is 5. The number of para-hydroxylation sites is 1. The predicted molar refractivity (Wildman–Crippen MR) is 86.2 cm³/mol. The molecule has 0 fully saturated rings. The second-order valence-corrected chi connectivity index (χ2v) is 5.82. The quantitative estimate of drug-likeness (QED) is 0.779. The van der Waals surface area contributed by atoms with Gasteiger partial charge in [-0.2, -0.15) is 10.2 Å². The van der Waals surface area contributed by atoms with Crippen LogP contribution in [0, 0.1) is 12.3 Å². The fourth-order valence-electron chi connectivity index (χ4n) is 2.58. The molecule has 0 bridgehead atoms. The minimum Gasteiger partial charge on any atom is -0.410 e. The summed E-state index contributed by atoms with van der Waals surface area (Å²) >= 11 is 0. The van der Waals surface area contributed by atoms with Gasteiger partial charge >= 0.3 is 6.09 Å². The highest BCUT2D eigenvalue weighted by molar-refractivity contribution is 5.83. The topological polar surface area (TPSA) is 83.4 Å². The molecule has 0 spiro atoms. The summed E-state index contributed by atoms with van der Waals surface area (Å²) in [6.07, 6.45) is 6.66. The van der Waals surface area contributed by atoms with Crippen LogP contribution in [-0.4, -0.2) is 35.7 Å². The van der Waals surface area contributed by atoms with Gasteiger partial charge in [-0.15, -0.1) is 12.3 Å². The van der Waals surface area contributed by atoms with E-state index in [-0.39, 0.29) is 12.5 Å². The van der Waals surface area contributed by atoms with Crippen molar-refractivity contribution >= 4 is 12.0 Å². The van der Waals surface area contributed by atoms with Gasteiger partial charge in [-0.1, -0.05) is 18.2 Å². The molecule has 1 aromatic carbocycles. The Kier molecular flexibility index (Phi) is 4.47. The summed E-state index contributed by atoms with van der Waals surface area (Å²) in [6.45, 7) is 0.758. The largest absolute Gasteiger partial charge is 0.416 e. The van der Waals surface area contributed by atoms with Gasteiger partial charge in [-0.25, -0.2) is 4.79 Å². The Bertz CT molecular complexity index is 717. The van der Waals surface area contributed by atoms with E-state index in [2.05, 4.69) is 21.5 Å². The van der Waals surface area contributed by atoms with Crippen LogP contribution in [0.15, 0.2) is 34.5 Å². The lowest BCUT2D eigenvalue weighted by molar-refractivity contribution is -0.122. The van der Waals surface area contributed by atoms with Crippen molar-refractivity contribution in [2.24, 2.45) is 10.2 Å². The maximum Gasteiger partial charge on any atom is 0.416 e. The standard InChI is InChI=1S/C17H18N4O3/c1-2-3-8-17(19-20-17)9-10-18-15(22)12-21-11-13-6-4-5-7-14(13)24-16(21)23/h1,4-7H,3,8-12H2,(H,18,22). The lowest BCUT2D eigenvalue weighted by Crippen LogP contribution is -2.44. The number of ether oxygens (including phenoxy) is 1. The van der Waals surface area contributed by atoms with Crippen LogP contribution in [0.2, 0.25) is 0 Å². The zero-order valence-corrected chi connectivity index (χ0v) is 13.2. The van der Waals surface area contributed by atoms with E-state index >= 15 is 0 Å². The van der Waals surface area contributed by atoms with Gasteiger partial charge in [0.15, 0.2) is 5.66 Å². The number of benzene rings is 1. The first kappa shape index (κ1) is 16.0. The summed E-state index contributed by atoms with van der Waals surface area (Å²) in [6, 6.07) is 7.29. The molecule has 0 aromatic heterocycles. The van der Waals surface area contributed by atoms with E-state index in [1.807, 2.05) is 12.1 Å². The highest BCUT2D eigenvalue weighted by Crippen LogP contribution is 2.36. The number of nitrogens with zero attached hydrogens (tertiary/aromatic N) is 3. The van der Waals surface area contributed by atoms with Gasteiger partial charge in [0.05, 0.1) is 6.54 Å². The van der Waals surface area contributed by atoms with E-state index in [0.29, 0.717) is 38.1 Å². The van der Waals surface area contributed by atoms with Crippen LogP contribution >= 0.6 is 0 Å². The zero-order chi connectivity index (χ0) is 17.0. The Morgan fingerprint density at radius 2 is 2.17 bits per heavy atom. The molecule has 1 N–H and O–H groups in total. The molecule has 7 heteroatoms. The number of fused-ring (bicyclic) bond motifs is 1. The van der Waals surface area contributed by atoms with E-state index in [0.717, 1.165) is 5.56 Å². The molecular weight excluding hydrogens is 308 g/mol. The van der Waals surface area contributed by atoms with E-state index in [1.54, 1.807) is 12.1 Å². The fraction of sp³-hybridized carbons (Fsp3) is 0.412. The summed E-state index contributed by atoms with van der Waals surface area (Å²) in [4.78, 5) is 25.3. The first-order chi connectivity index (χ1) is 11.6. The number of terminal acetylenes is 1. The summed E-state index contributed by atoms with van der Waals surface area (Å²) in [5.41, 5.74) is 0.469. The lowest BCUT2D eigenvalue weighted by Gasteiger charge is -2.27. The van der Waals surface area contributed by atoms with E-state index in [1.165, 1.54) is 4.90 Å². The van der Waals surface area contributed by atoms with Crippen molar-refractivity contribution in [3.63, 3.8) is 0 Å². The van der Waals surface area contributed by atoms with Crippen LogP contribution in [0.1, 0.15) is 24.8 Å². The minimum atomic E-state index is -0.512. The van der Waals surface area contributed by atoms with Crippen molar-refractivity contribution in [2.75, 3.05) is 13.1 Å².